The Hall–Kier alpha value is -9.94. The minimum atomic E-state index is -2.07. The number of nitrogens with one attached hydrogen (secondary N) is 6. The molecular formula is C75H83FN10O13. The van der Waals surface area contributed by atoms with Gasteiger partial charge in [-0.25, -0.2) is 14.2 Å². The first-order chi connectivity index (χ1) is 47.7. The van der Waals surface area contributed by atoms with Crippen LogP contribution < -0.4 is 42.4 Å². The number of benzene rings is 4. The number of amides is 8. The molecule has 518 valence electrons. The van der Waals surface area contributed by atoms with Gasteiger partial charge in [0.2, 0.25) is 47.3 Å². The van der Waals surface area contributed by atoms with E-state index in [0.29, 0.717) is 82.6 Å². The number of pyridine rings is 2. The number of piperidine rings is 1. The summed E-state index contributed by atoms with van der Waals surface area (Å²) in [7, 11) is 0. The van der Waals surface area contributed by atoms with Crippen LogP contribution in [0.3, 0.4) is 0 Å². The van der Waals surface area contributed by atoms with E-state index in [1.165, 1.54) is 10.6 Å². The summed E-state index contributed by atoms with van der Waals surface area (Å²) in [5.41, 5.74) is 6.85. The van der Waals surface area contributed by atoms with Crippen molar-refractivity contribution in [1.29, 1.82) is 0 Å². The lowest BCUT2D eigenvalue weighted by atomic mass is 9.65. The molecule has 1 saturated carbocycles. The lowest BCUT2D eigenvalue weighted by Crippen LogP contribution is -2.52. The second-order valence-electron chi connectivity index (χ2n) is 26.9. The number of para-hydroxylation sites is 1. The zero-order chi connectivity index (χ0) is 69.7. The normalized spacial score (nSPS) is 18.9. The molecule has 24 heteroatoms. The average molecular weight is 1350 g/mol. The number of carbonyl (C=O) groups is 9. The Kier molecular flexibility index (Phi) is 20.7. The number of allylic oxidation sites excluding steroid dienone is 1. The number of aryl methyl sites for hydroxylation is 1. The van der Waals surface area contributed by atoms with Gasteiger partial charge in [0.1, 0.15) is 18.5 Å². The predicted octanol–water partition coefficient (Wildman–Crippen LogP) is 5.92. The number of hydrogen-bond donors (Lipinski definition) is 7. The van der Waals surface area contributed by atoms with Crippen LogP contribution in [0.4, 0.5) is 10.1 Å². The van der Waals surface area contributed by atoms with Crippen LogP contribution in [0.15, 0.2) is 95.8 Å². The second kappa shape index (κ2) is 29.6. The standard InChI is InChI=1S/C75H83FN10O13/c1-4-75(97)54-36-60-69-52(42-86(60)72(95)53(54)43-99-73(75)96)68-56(19-18-51-45(3)55(76)37-57(83-69)67(51)68)81-64(90)40-80-71(94)58(35-46-12-6-5-7-13-46)82-63(89)39-79-62(88)38-78-61(87)23-32-98-33-24-65(91)84-30-27-74(28-31-84)25-20-47(21-26-74)70(93)77-29-22-66(92)85-41-49-15-9-8-14-48(49)34-44(2)50-16-10-11-17-59(50)85/h5-17,34,36-37,47,56,58,97H,4,18-33,35,38-43H2,1-3H3,(H,77,93)(H,78,87)(H,79,88)(H,80,94)(H,81,90)(H,82,89)/b44-34-/t56?,58-,75-/m0/s1. The summed E-state index contributed by atoms with van der Waals surface area (Å²) in [6.45, 7) is 5.56. The van der Waals surface area contributed by atoms with Crippen molar-refractivity contribution in [2.24, 2.45) is 11.3 Å². The van der Waals surface area contributed by atoms with Crippen LogP contribution in [0.5, 0.6) is 0 Å². The van der Waals surface area contributed by atoms with Crippen molar-refractivity contribution in [2.75, 3.05) is 57.4 Å². The number of halogens is 1. The fraction of sp³-hybridized carbons (Fsp3) is 0.427. The van der Waals surface area contributed by atoms with Crippen LogP contribution in [-0.2, 0) is 90.8 Å². The van der Waals surface area contributed by atoms with Crippen molar-refractivity contribution in [3.63, 3.8) is 0 Å². The van der Waals surface area contributed by atoms with Gasteiger partial charge in [-0.2, -0.15) is 0 Å². The molecule has 6 aromatic rings. The highest BCUT2D eigenvalue weighted by atomic mass is 19.1. The number of aromatic nitrogens is 2. The third-order valence-corrected chi connectivity index (χ3v) is 20.8. The van der Waals surface area contributed by atoms with Crippen LogP contribution >= 0.6 is 0 Å². The second-order valence-corrected chi connectivity index (χ2v) is 26.9. The summed E-state index contributed by atoms with van der Waals surface area (Å²) in [6.07, 6.45) is 8.05. The number of fused-ring (bicyclic) bond motifs is 7. The molecule has 6 aliphatic rings. The Balaban J connectivity index is 0.547. The summed E-state index contributed by atoms with van der Waals surface area (Å²) in [5, 5.41) is 28.4. The SMILES string of the molecule is CC[C@@]1(O)C(=O)OCc2c1cc1n(c2=O)Cc2c-1nc1cc(F)c(C)c3c1c2C(NC(=O)CNC(=O)[C@H](Cc1ccccc1)NC(=O)CNC(=O)CNC(=O)CCOCCC(=O)N1CCC2(CCC(C(=O)NCCC(=O)N4Cc5ccccc5/C=C(/C)c5ccccc54)CC2)CC1)CC3. The third kappa shape index (κ3) is 14.8. The molecule has 99 heavy (non-hydrogen) atoms. The maximum atomic E-state index is 15.5. The van der Waals surface area contributed by atoms with Crippen molar-refractivity contribution in [3.8, 4) is 11.4 Å². The van der Waals surface area contributed by atoms with E-state index < -0.39 is 84.2 Å². The Morgan fingerprint density at radius 2 is 1.45 bits per heavy atom. The summed E-state index contributed by atoms with van der Waals surface area (Å²) in [5.74, 6) is -4.75. The highest BCUT2D eigenvalue weighted by Crippen LogP contribution is 2.48. The minimum Gasteiger partial charge on any atom is -0.458 e. The third-order valence-electron chi connectivity index (χ3n) is 20.8. The molecule has 2 aliphatic carbocycles. The number of hydrogen-bond acceptors (Lipinski definition) is 14. The Morgan fingerprint density at radius 3 is 2.23 bits per heavy atom. The van der Waals surface area contributed by atoms with Gasteiger partial charge in [0, 0.05) is 73.0 Å². The number of cyclic esters (lactones) is 1. The molecule has 6 heterocycles. The van der Waals surface area contributed by atoms with Gasteiger partial charge in [0.25, 0.3) is 5.56 Å². The first kappa shape index (κ1) is 69.0. The molecule has 1 saturated heterocycles. The summed E-state index contributed by atoms with van der Waals surface area (Å²) >= 11 is 0. The quantitative estimate of drug-likeness (QED) is 0.0306. The number of rotatable bonds is 22. The van der Waals surface area contributed by atoms with Gasteiger partial charge in [-0.3, -0.25) is 43.2 Å². The molecule has 1 spiro atoms. The maximum absolute atomic E-state index is 15.5. The number of esters is 1. The van der Waals surface area contributed by atoms with E-state index in [1.54, 1.807) is 50.2 Å². The van der Waals surface area contributed by atoms with Gasteiger partial charge in [-0.1, -0.05) is 85.8 Å². The molecule has 1 unspecified atom stereocenters. The van der Waals surface area contributed by atoms with Gasteiger partial charge in [0.05, 0.1) is 86.6 Å². The summed E-state index contributed by atoms with van der Waals surface area (Å²) in [6, 6.07) is 25.9. The van der Waals surface area contributed by atoms with E-state index in [1.807, 2.05) is 52.3 Å². The lowest BCUT2D eigenvalue weighted by molar-refractivity contribution is -0.172. The molecule has 7 N–H and O–H groups in total. The highest BCUT2D eigenvalue weighted by molar-refractivity contribution is 6.00. The molecular weight excluding hydrogens is 1270 g/mol. The number of nitrogens with zero attached hydrogens (tertiary/aromatic N) is 4. The van der Waals surface area contributed by atoms with Gasteiger partial charge in [0.15, 0.2) is 5.60 Å². The molecule has 3 atom stereocenters. The van der Waals surface area contributed by atoms with E-state index in [-0.39, 0.29) is 105 Å². The lowest BCUT2D eigenvalue weighted by Gasteiger charge is -2.45. The molecule has 2 fully saturated rings. The molecule has 23 nitrogen and oxygen atoms in total. The van der Waals surface area contributed by atoms with Gasteiger partial charge >= 0.3 is 5.97 Å². The number of ether oxygens (including phenoxy) is 2. The fourth-order valence-corrected chi connectivity index (χ4v) is 15.1. The molecule has 8 amide bonds. The number of carbonyl (C=O) groups excluding carboxylic acids is 9. The van der Waals surface area contributed by atoms with E-state index in [0.717, 1.165) is 66.5 Å². The van der Waals surface area contributed by atoms with Crippen LogP contribution in [0.25, 0.3) is 33.9 Å². The van der Waals surface area contributed by atoms with E-state index in [2.05, 4.69) is 51.0 Å². The molecule has 12 rings (SSSR count). The first-order valence-corrected chi connectivity index (χ1v) is 34.3. The molecule has 4 aromatic carbocycles. The monoisotopic (exact) mass is 1350 g/mol. The minimum absolute atomic E-state index is 0.00517. The predicted molar refractivity (Wildman–Crippen MR) is 365 cm³/mol. The Morgan fingerprint density at radius 1 is 0.747 bits per heavy atom. The number of aliphatic hydroxyl groups is 1. The Labute approximate surface area is 572 Å². The van der Waals surface area contributed by atoms with Crippen LogP contribution in [0.1, 0.15) is 146 Å². The van der Waals surface area contributed by atoms with Crippen molar-refractivity contribution < 1.29 is 62.1 Å². The van der Waals surface area contributed by atoms with Gasteiger partial charge in [-0.15, -0.1) is 0 Å². The molecule has 0 bridgehead atoms. The van der Waals surface area contributed by atoms with Crippen molar-refractivity contribution in [1.82, 2.24) is 46.4 Å². The first-order valence-electron chi connectivity index (χ1n) is 34.3. The van der Waals surface area contributed by atoms with Crippen LogP contribution in [0.2, 0.25) is 0 Å². The number of likely N-dealkylation sites (tertiary alicyclic amines) is 1. The van der Waals surface area contributed by atoms with E-state index >= 15 is 4.39 Å². The van der Waals surface area contributed by atoms with Crippen molar-refractivity contribution in [2.45, 2.75) is 142 Å². The van der Waals surface area contributed by atoms with Crippen LogP contribution in [-0.4, -0.2) is 131 Å². The largest absolute Gasteiger partial charge is 0.458 e. The van der Waals surface area contributed by atoms with Gasteiger partial charge < -0.3 is 60.8 Å². The van der Waals surface area contributed by atoms with Gasteiger partial charge in [-0.05, 0) is 128 Å². The molecule has 2 aromatic heterocycles. The zero-order valence-corrected chi connectivity index (χ0v) is 56.0. The summed E-state index contributed by atoms with van der Waals surface area (Å²) in [4.78, 5) is 143. The molecule has 4 aliphatic heterocycles. The summed E-state index contributed by atoms with van der Waals surface area (Å²) < 4.78 is 27.9. The maximum Gasteiger partial charge on any atom is 0.343 e. The Bertz CT molecular complexity index is 4310. The van der Waals surface area contributed by atoms with Crippen LogP contribution in [0, 0.1) is 24.1 Å². The smallest absolute Gasteiger partial charge is 0.343 e. The van der Waals surface area contributed by atoms with Crippen molar-refractivity contribution in [3.05, 3.63) is 163 Å². The van der Waals surface area contributed by atoms with Crippen molar-refractivity contribution >= 4 is 81.5 Å². The fourth-order valence-electron chi connectivity index (χ4n) is 15.1. The zero-order valence-electron chi connectivity index (χ0n) is 56.0. The molecule has 0 radical (unpaired) electrons. The topological polar surface area (TPSA) is 306 Å². The highest BCUT2D eigenvalue weighted by Gasteiger charge is 2.47. The average Bonchev–Trinajstić information content (AvgIpc) is 1.55. The van der Waals surface area contributed by atoms with E-state index in [4.69, 9.17) is 14.5 Å². The number of anilines is 1. The van der Waals surface area contributed by atoms with E-state index in [9.17, 15) is 53.1 Å².